The lowest BCUT2D eigenvalue weighted by Gasteiger charge is -2.34. The molecule has 0 bridgehead atoms. The summed E-state index contributed by atoms with van der Waals surface area (Å²) in [6, 6.07) is 0. The summed E-state index contributed by atoms with van der Waals surface area (Å²) in [6.45, 7) is 2.81. The van der Waals surface area contributed by atoms with Crippen LogP contribution in [-0.2, 0) is 4.74 Å². The number of morpholine rings is 1. The van der Waals surface area contributed by atoms with E-state index in [-0.39, 0.29) is 12.2 Å². The maximum atomic E-state index is 10.6. The van der Waals surface area contributed by atoms with Gasteiger partial charge >= 0.3 is 6.09 Å². The van der Waals surface area contributed by atoms with Crippen LogP contribution in [-0.4, -0.2) is 46.7 Å². The van der Waals surface area contributed by atoms with Gasteiger partial charge in [0.15, 0.2) is 0 Å². The van der Waals surface area contributed by atoms with Crippen LogP contribution in [0.25, 0.3) is 0 Å². The molecule has 1 aliphatic rings. The molecule has 2 atom stereocenters. The van der Waals surface area contributed by atoms with Crippen molar-refractivity contribution in [3.05, 3.63) is 0 Å². The zero-order valence-corrected chi connectivity index (χ0v) is 8.45. The summed E-state index contributed by atoms with van der Waals surface area (Å²) < 4.78 is 5.46. The van der Waals surface area contributed by atoms with Gasteiger partial charge < -0.3 is 14.7 Å². The molecule has 1 N–H and O–H groups in total. The average Bonchev–Trinajstić information content (AvgIpc) is 2.03. The average molecular weight is 238 g/mol. The topological polar surface area (TPSA) is 49.8 Å². The van der Waals surface area contributed by atoms with Crippen molar-refractivity contribution in [3.8, 4) is 0 Å². The van der Waals surface area contributed by atoms with Gasteiger partial charge in [0, 0.05) is 5.33 Å². The molecule has 0 saturated carbocycles. The molecule has 1 heterocycles. The highest BCUT2D eigenvalue weighted by Crippen LogP contribution is 2.12. The fourth-order valence-corrected chi connectivity index (χ4v) is 1.64. The lowest BCUT2D eigenvalue weighted by Crippen LogP contribution is -2.49. The summed E-state index contributed by atoms with van der Waals surface area (Å²) in [7, 11) is 0. The Balaban J connectivity index is 2.51. The van der Waals surface area contributed by atoms with Gasteiger partial charge in [-0.2, -0.15) is 0 Å². The standard InChI is InChI=1S/C7H12BrNO3/c1-5-3-9(7(10)11)4-6(2-8)12-5/h5-6H,2-4H2,1H3,(H,10,11)/t5-,6+/m1/s1. The second-order valence-corrected chi connectivity index (χ2v) is 3.56. The van der Waals surface area contributed by atoms with Crippen molar-refractivity contribution in [2.24, 2.45) is 0 Å². The number of ether oxygens (including phenoxy) is 1. The molecular weight excluding hydrogens is 226 g/mol. The second-order valence-electron chi connectivity index (χ2n) is 2.91. The third-order valence-electron chi connectivity index (χ3n) is 1.77. The summed E-state index contributed by atoms with van der Waals surface area (Å²) in [5, 5.41) is 9.41. The van der Waals surface area contributed by atoms with E-state index in [1.54, 1.807) is 0 Å². The summed E-state index contributed by atoms with van der Waals surface area (Å²) in [4.78, 5) is 12.0. The van der Waals surface area contributed by atoms with E-state index in [2.05, 4.69) is 15.9 Å². The molecule has 1 fully saturated rings. The summed E-state index contributed by atoms with van der Waals surface area (Å²) in [5.74, 6) is 0. The number of rotatable bonds is 1. The number of alkyl halides is 1. The molecule has 1 rings (SSSR count). The Kier molecular flexibility index (Phi) is 3.34. The smallest absolute Gasteiger partial charge is 0.407 e. The molecule has 0 spiro atoms. The maximum Gasteiger partial charge on any atom is 0.407 e. The van der Waals surface area contributed by atoms with Crippen molar-refractivity contribution in [1.82, 2.24) is 4.90 Å². The van der Waals surface area contributed by atoms with Gasteiger partial charge in [0.1, 0.15) is 0 Å². The van der Waals surface area contributed by atoms with E-state index >= 15 is 0 Å². The molecular formula is C7H12BrNO3. The molecule has 0 aromatic carbocycles. The molecule has 0 radical (unpaired) electrons. The molecule has 5 heteroatoms. The van der Waals surface area contributed by atoms with E-state index in [0.29, 0.717) is 18.4 Å². The maximum absolute atomic E-state index is 10.6. The van der Waals surface area contributed by atoms with Crippen LogP contribution in [0.4, 0.5) is 4.79 Å². The quantitative estimate of drug-likeness (QED) is 0.697. The van der Waals surface area contributed by atoms with E-state index in [9.17, 15) is 4.79 Å². The van der Waals surface area contributed by atoms with Crippen LogP contribution in [0.15, 0.2) is 0 Å². The van der Waals surface area contributed by atoms with Gasteiger partial charge in [-0.25, -0.2) is 4.79 Å². The Morgan fingerprint density at radius 1 is 1.75 bits per heavy atom. The Labute approximate surface area is 79.6 Å². The molecule has 1 amide bonds. The van der Waals surface area contributed by atoms with Crippen molar-refractivity contribution in [2.75, 3.05) is 18.4 Å². The molecule has 70 valence electrons. The van der Waals surface area contributed by atoms with Crippen LogP contribution >= 0.6 is 15.9 Å². The Morgan fingerprint density at radius 3 is 2.92 bits per heavy atom. The molecule has 0 aliphatic carbocycles. The van der Waals surface area contributed by atoms with Crippen LogP contribution in [0.2, 0.25) is 0 Å². The number of amides is 1. The number of hydrogen-bond donors (Lipinski definition) is 1. The van der Waals surface area contributed by atoms with Crippen molar-refractivity contribution in [1.29, 1.82) is 0 Å². The lowest BCUT2D eigenvalue weighted by molar-refractivity contribution is -0.0576. The third kappa shape index (κ3) is 2.35. The zero-order valence-electron chi connectivity index (χ0n) is 6.86. The fraction of sp³-hybridized carbons (Fsp3) is 0.857. The normalized spacial score (nSPS) is 30.3. The van der Waals surface area contributed by atoms with Crippen molar-refractivity contribution < 1.29 is 14.6 Å². The van der Waals surface area contributed by atoms with Crippen LogP contribution in [0.5, 0.6) is 0 Å². The van der Waals surface area contributed by atoms with Gasteiger partial charge in [0.2, 0.25) is 0 Å². The number of hydrogen-bond acceptors (Lipinski definition) is 2. The SMILES string of the molecule is C[C@@H]1CN(C(=O)O)C[C@H](CBr)O1. The molecule has 0 unspecified atom stereocenters. The van der Waals surface area contributed by atoms with Gasteiger partial charge in [0.25, 0.3) is 0 Å². The highest BCUT2D eigenvalue weighted by atomic mass is 79.9. The fourth-order valence-electron chi connectivity index (χ4n) is 1.29. The number of nitrogens with zero attached hydrogens (tertiary/aromatic N) is 1. The minimum Gasteiger partial charge on any atom is -0.465 e. The molecule has 1 aliphatic heterocycles. The van der Waals surface area contributed by atoms with Gasteiger partial charge in [0.05, 0.1) is 25.3 Å². The summed E-state index contributed by atoms with van der Waals surface area (Å²) in [5.41, 5.74) is 0. The molecule has 1 saturated heterocycles. The van der Waals surface area contributed by atoms with E-state index in [1.807, 2.05) is 6.92 Å². The third-order valence-corrected chi connectivity index (χ3v) is 2.49. The van der Waals surface area contributed by atoms with Crippen LogP contribution in [0.1, 0.15) is 6.92 Å². The molecule has 12 heavy (non-hydrogen) atoms. The highest BCUT2D eigenvalue weighted by molar-refractivity contribution is 9.09. The zero-order chi connectivity index (χ0) is 9.14. The minimum atomic E-state index is -0.865. The number of carbonyl (C=O) groups is 1. The first-order chi connectivity index (χ1) is 5.63. The van der Waals surface area contributed by atoms with E-state index in [1.165, 1.54) is 4.90 Å². The van der Waals surface area contributed by atoms with Gasteiger partial charge in [-0.1, -0.05) is 15.9 Å². The monoisotopic (exact) mass is 237 g/mol. The predicted octanol–water partition coefficient (Wildman–Crippen LogP) is 1.15. The van der Waals surface area contributed by atoms with Gasteiger partial charge in [-0.05, 0) is 6.92 Å². The largest absolute Gasteiger partial charge is 0.465 e. The van der Waals surface area contributed by atoms with Crippen molar-refractivity contribution in [2.45, 2.75) is 19.1 Å². The Hall–Kier alpha value is -0.290. The minimum absolute atomic E-state index is 0.00241. The van der Waals surface area contributed by atoms with E-state index in [0.717, 1.165) is 0 Å². The Bertz CT molecular complexity index is 176. The molecule has 4 nitrogen and oxygen atoms in total. The van der Waals surface area contributed by atoms with Crippen LogP contribution < -0.4 is 0 Å². The number of halogens is 1. The second kappa shape index (κ2) is 4.09. The van der Waals surface area contributed by atoms with Gasteiger partial charge in [-0.15, -0.1) is 0 Å². The van der Waals surface area contributed by atoms with Crippen LogP contribution in [0.3, 0.4) is 0 Å². The highest BCUT2D eigenvalue weighted by Gasteiger charge is 2.27. The molecule has 0 aromatic heterocycles. The number of carboxylic acid groups (broad SMARTS) is 1. The van der Waals surface area contributed by atoms with E-state index < -0.39 is 6.09 Å². The first-order valence-electron chi connectivity index (χ1n) is 3.82. The Morgan fingerprint density at radius 2 is 2.42 bits per heavy atom. The van der Waals surface area contributed by atoms with Crippen molar-refractivity contribution >= 4 is 22.0 Å². The van der Waals surface area contributed by atoms with Crippen LogP contribution in [0, 0.1) is 0 Å². The van der Waals surface area contributed by atoms with E-state index in [4.69, 9.17) is 9.84 Å². The molecule has 0 aromatic rings. The van der Waals surface area contributed by atoms with Gasteiger partial charge in [-0.3, -0.25) is 0 Å². The summed E-state index contributed by atoms with van der Waals surface area (Å²) in [6.07, 6.45) is -0.877. The summed E-state index contributed by atoms with van der Waals surface area (Å²) >= 11 is 3.27. The predicted molar refractivity (Wildman–Crippen MR) is 47.7 cm³/mol. The lowest BCUT2D eigenvalue weighted by atomic mass is 10.2. The van der Waals surface area contributed by atoms with Crippen molar-refractivity contribution in [3.63, 3.8) is 0 Å². The first kappa shape index (κ1) is 9.80. The first-order valence-corrected chi connectivity index (χ1v) is 4.95.